The Hall–Kier alpha value is -3.73. The van der Waals surface area contributed by atoms with E-state index in [1.165, 1.54) is 6.20 Å². The summed E-state index contributed by atoms with van der Waals surface area (Å²) < 4.78 is 28.9. The molecule has 1 fully saturated rings. The van der Waals surface area contributed by atoms with Crippen LogP contribution < -0.4 is 27.6 Å². The Bertz CT molecular complexity index is 1200. The Morgan fingerprint density at radius 1 is 1.21 bits per heavy atom. The first kappa shape index (κ1) is 22.5. The number of nitrogens with zero attached hydrogens (tertiary/aromatic N) is 1. The Morgan fingerprint density at radius 2 is 1.94 bits per heavy atom. The van der Waals surface area contributed by atoms with Crippen LogP contribution in [0.3, 0.4) is 0 Å². The van der Waals surface area contributed by atoms with Gasteiger partial charge in [-0.25, -0.2) is 8.78 Å². The van der Waals surface area contributed by atoms with E-state index in [-0.39, 0.29) is 16.9 Å². The van der Waals surface area contributed by atoms with Crippen LogP contribution in [0.1, 0.15) is 51.4 Å². The van der Waals surface area contributed by atoms with Gasteiger partial charge in [0.25, 0.3) is 17.6 Å². The zero-order chi connectivity index (χ0) is 23.9. The van der Waals surface area contributed by atoms with Crippen LogP contribution in [0, 0.1) is 18.6 Å². The van der Waals surface area contributed by atoms with Gasteiger partial charge in [0.05, 0.1) is 22.5 Å². The average Bonchev–Trinajstić information content (AvgIpc) is 3.28. The van der Waals surface area contributed by atoms with Crippen molar-refractivity contribution in [3.8, 4) is 0 Å². The summed E-state index contributed by atoms with van der Waals surface area (Å²) in [5, 5.41) is 5.13. The molecule has 1 saturated carbocycles. The molecule has 1 aliphatic carbocycles. The Labute approximate surface area is 188 Å². The lowest BCUT2D eigenvalue weighted by atomic mass is 10.0. The number of nitrogens with one attached hydrogen (secondary N) is 3. The van der Waals surface area contributed by atoms with E-state index in [1.807, 2.05) is 0 Å². The zero-order valence-corrected chi connectivity index (χ0v) is 17.9. The lowest BCUT2D eigenvalue weighted by molar-refractivity contribution is -0.117. The summed E-state index contributed by atoms with van der Waals surface area (Å²) in [7, 11) is 0. The molecule has 11 heteroatoms. The fourth-order valence-corrected chi connectivity index (χ4v) is 4.41. The fraction of sp³-hybridized carbons (Fsp3) is 0.318. The van der Waals surface area contributed by atoms with Crippen molar-refractivity contribution in [3.63, 3.8) is 0 Å². The van der Waals surface area contributed by atoms with Gasteiger partial charge in [0.1, 0.15) is 17.3 Å². The molecule has 2 aromatic rings. The molecule has 2 heterocycles. The van der Waals surface area contributed by atoms with Crippen molar-refractivity contribution >= 4 is 23.3 Å². The molecule has 9 nitrogen and oxygen atoms in total. The summed E-state index contributed by atoms with van der Waals surface area (Å²) in [6.07, 6.45) is 3.59. The van der Waals surface area contributed by atoms with Gasteiger partial charge in [-0.15, -0.1) is 0 Å². The minimum atomic E-state index is -0.920. The SMILES string of the molecule is Cc1c(C(=O)C(=O)NC2(/C(=C/N)NN)CC2)c2n(c1C(=O)Nc1ccc(F)cc1F)CCC2. The highest BCUT2D eigenvalue weighted by molar-refractivity contribution is 6.44. The number of anilines is 1. The number of hydrazine groups is 1. The minimum Gasteiger partial charge on any atom is -0.403 e. The summed E-state index contributed by atoms with van der Waals surface area (Å²) in [6, 6.07) is 2.81. The summed E-state index contributed by atoms with van der Waals surface area (Å²) in [5.41, 5.74) is 8.62. The van der Waals surface area contributed by atoms with Gasteiger partial charge in [-0.1, -0.05) is 0 Å². The Kier molecular flexibility index (Phi) is 5.66. The van der Waals surface area contributed by atoms with Gasteiger partial charge in [-0.05, 0) is 50.3 Å². The number of carbonyl (C=O) groups excluding carboxylic acids is 3. The second-order valence-electron chi connectivity index (χ2n) is 8.22. The number of hydrogen-bond acceptors (Lipinski definition) is 6. The average molecular weight is 458 g/mol. The number of Topliss-reactive ketones (excluding diaryl/α,β-unsaturated/α-hetero) is 1. The molecule has 4 rings (SSSR count). The topological polar surface area (TPSA) is 144 Å². The molecule has 0 radical (unpaired) electrons. The van der Waals surface area contributed by atoms with Crippen molar-refractivity contribution in [2.45, 2.75) is 44.7 Å². The molecule has 7 N–H and O–H groups in total. The minimum absolute atomic E-state index is 0.157. The molecule has 0 atom stereocenters. The summed E-state index contributed by atoms with van der Waals surface area (Å²) in [6.45, 7) is 2.04. The van der Waals surface area contributed by atoms with E-state index in [1.54, 1.807) is 11.5 Å². The lowest BCUT2D eigenvalue weighted by Gasteiger charge is -2.19. The number of benzene rings is 1. The highest BCUT2D eigenvalue weighted by Gasteiger charge is 2.49. The van der Waals surface area contributed by atoms with E-state index in [2.05, 4.69) is 16.1 Å². The number of fused-ring (bicyclic) bond motifs is 1. The van der Waals surface area contributed by atoms with Crippen molar-refractivity contribution < 1.29 is 23.2 Å². The maximum absolute atomic E-state index is 14.0. The summed E-state index contributed by atoms with van der Waals surface area (Å²) in [5.74, 6) is 1.51. The summed E-state index contributed by atoms with van der Waals surface area (Å²) in [4.78, 5) is 39.0. The number of amides is 2. The van der Waals surface area contributed by atoms with Crippen LogP contribution in [0.2, 0.25) is 0 Å². The standard InChI is InChI=1S/C22H24F2N6O3/c1-11-17(19(31)21(33)28-22(6-7-22)16(10-25)29-26)15-3-2-8-30(15)18(11)20(32)27-14-5-4-12(23)9-13(14)24/h4-5,9-10,29H,2-3,6-8,25-26H2,1H3,(H,27,32)(H,28,33)/b16-10-. The molecular weight excluding hydrogens is 434 g/mol. The van der Waals surface area contributed by atoms with E-state index in [0.717, 1.165) is 12.1 Å². The third-order valence-electron chi connectivity index (χ3n) is 6.18. The smallest absolute Gasteiger partial charge is 0.293 e. The van der Waals surface area contributed by atoms with Gasteiger partial charge < -0.3 is 26.4 Å². The van der Waals surface area contributed by atoms with Crippen LogP contribution in [0.25, 0.3) is 0 Å². The molecule has 1 aromatic heterocycles. The number of rotatable bonds is 7. The number of ketones is 1. The monoisotopic (exact) mass is 458 g/mol. The van der Waals surface area contributed by atoms with Crippen LogP contribution in [0.15, 0.2) is 30.1 Å². The number of carbonyl (C=O) groups is 3. The first-order valence-corrected chi connectivity index (χ1v) is 10.5. The number of aromatic nitrogens is 1. The maximum Gasteiger partial charge on any atom is 0.293 e. The first-order chi connectivity index (χ1) is 15.7. The van der Waals surface area contributed by atoms with Crippen LogP contribution in [0.4, 0.5) is 14.5 Å². The Balaban J connectivity index is 1.63. The molecule has 1 aliphatic heterocycles. The molecule has 0 unspecified atom stereocenters. The lowest BCUT2D eigenvalue weighted by Crippen LogP contribution is -2.47. The van der Waals surface area contributed by atoms with Crippen molar-refractivity contribution in [1.29, 1.82) is 0 Å². The molecule has 0 bridgehead atoms. The maximum atomic E-state index is 14.0. The Morgan fingerprint density at radius 3 is 2.55 bits per heavy atom. The van der Waals surface area contributed by atoms with Gasteiger partial charge in [0.15, 0.2) is 0 Å². The van der Waals surface area contributed by atoms with Crippen molar-refractivity contribution in [2.75, 3.05) is 5.32 Å². The van der Waals surface area contributed by atoms with Gasteiger partial charge in [0.2, 0.25) is 0 Å². The zero-order valence-electron chi connectivity index (χ0n) is 17.9. The van der Waals surface area contributed by atoms with Crippen LogP contribution in [-0.4, -0.2) is 27.7 Å². The van der Waals surface area contributed by atoms with E-state index in [9.17, 15) is 23.2 Å². The highest BCUT2D eigenvalue weighted by atomic mass is 19.1. The second-order valence-corrected chi connectivity index (χ2v) is 8.22. The molecule has 174 valence electrons. The third-order valence-corrected chi connectivity index (χ3v) is 6.18. The fourth-order valence-electron chi connectivity index (χ4n) is 4.41. The van der Waals surface area contributed by atoms with Crippen LogP contribution in [-0.2, 0) is 17.8 Å². The quantitative estimate of drug-likeness (QED) is 0.183. The molecule has 0 saturated heterocycles. The molecule has 2 aliphatic rings. The van der Waals surface area contributed by atoms with E-state index in [0.29, 0.717) is 55.2 Å². The van der Waals surface area contributed by atoms with E-state index in [4.69, 9.17) is 11.6 Å². The van der Waals surface area contributed by atoms with Gasteiger partial charge in [-0.2, -0.15) is 0 Å². The van der Waals surface area contributed by atoms with Gasteiger partial charge in [0, 0.05) is 24.5 Å². The van der Waals surface area contributed by atoms with Crippen molar-refractivity contribution in [1.82, 2.24) is 15.3 Å². The molecule has 2 amide bonds. The number of halogens is 2. The molecule has 0 spiro atoms. The van der Waals surface area contributed by atoms with Crippen LogP contribution in [0.5, 0.6) is 0 Å². The highest BCUT2D eigenvalue weighted by Crippen LogP contribution is 2.40. The predicted molar refractivity (Wildman–Crippen MR) is 116 cm³/mol. The second kappa shape index (κ2) is 8.32. The van der Waals surface area contributed by atoms with E-state index >= 15 is 0 Å². The number of nitrogens with two attached hydrogens (primary N) is 2. The number of hydrogen-bond donors (Lipinski definition) is 5. The van der Waals surface area contributed by atoms with Crippen molar-refractivity contribution in [2.24, 2.45) is 11.6 Å². The van der Waals surface area contributed by atoms with Gasteiger partial charge >= 0.3 is 0 Å². The predicted octanol–water partition coefficient (Wildman–Crippen LogP) is 1.37. The van der Waals surface area contributed by atoms with E-state index < -0.39 is 34.8 Å². The molecule has 1 aromatic carbocycles. The van der Waals surface area contributed by atoms with Crippen molar-refractivity contribution in [3.05, 3.63) is 64.2 Å². The molecule has 33 heavy (non-hydrogen) atoms. The first-order valence-electron chi connectivity index (χ1n) is 10.5. The largest absolute Gasteiger partial charge is 0.403 e. The summed E-state index contributed by atoms with van der Waals surface area (Å²) >= 11 is 0. The van der Waals surface area contributed by atoms with Crippen LogP contribution >= 0.6 is 0 Å². The normalized spacial score (nSPS) is 16.2. The third kappa shape index (κ3) is 3.84. The van der Waals surface area contributed by atoms with Gasteiger partial charge in [-0.3, -0.25) is 20.2 Å². The molecular formula is C22H24F2N6O3.